The van der Waals surface area contributed by atoms with Gasteiger partial charge >= 0.3 is 0 Å². The van der Waals surface area contributed by atoms with Crippen molar-refractivity contribution in [2.24, 2.45) is 0 Å². The Labute approximate surface area is 182 Å². The smallest absolute Gasteiger partial charge is 0.259 e. The van der Waals surface area contributed by atoms with Crippen LogP contribution >= 0.6 is 11.3 Å². The number of hydrogen-bond acceptors (Lipinski definition) is 8. The molecule has 1 aromatic carbocycles. The fraction of sp³-hybridized carbons (Fsp3) is 0.136. The first kappa shape index (κ1) is 20.4. The molecule has 3 aromatic heterocycles. The van der Waals surface area contributed by atoms with Gasteiger partial charge in [-0.2, -0.15) is 0 Å². The van der Waals surface area contributed by atoms with Crippen LogP contribution in [0.1, 0.15) is 28.9 Å². The number of amides is 1. The van der Waals surface area contributed by atoms with Crippen molar-refractivity contribution in [3.8, 4) is 22.2 Å². The zero-order chi connectivity index (χ0) is 21.6. The van der Waals surface area contributed by atoms with Crippen LogP contribution in [0.5, 0.6) is 11.6 Å². The predicted molar refractivity (Wildman–Crippen MR) is 117 cm³/mol. The number of pyridine rings is 2. The Balaban J connectivity index is 1.47. The van der Waals surface area contributed by atoms with E-state index < -0.39 is 0 Å². The zero-order valence-corrected chi connectivity index (χ0v) is 17.7. The Morgan fingerprint density at radius 3 is 2.61 bits per heavy atom. The Hall–Kier alpha value is -3.85. The minimum absolute atomic E-state index is 0.227. The predicted octanol–water partition coefficient (Wildman–Crippen LogP) is 4.40. The van der Waals surface area contributed by atoms with Gasteiger partial charge in [-0.1, -0.05) is 41.7 Å². The average molecular weight is 433 g/mol. The third-order valence-corrected chi connectivity index (χ3v) is 5.32. The number of benzene rings is 1. The monoisotopic (exact) mass is 433 g/mol. The molecular weight excluding hydrogens is 414 g/mol. The first-order valence-electron chi connectivity index (χ1n) is 9.45. The molecular formula is C22H19N5O3S. The van der Waals surface area contributed by atoms with Gasteiger partial charge in [-0.25, -0.2) is 4.98 Å². The third kappa shape index (κ3) is 4.84. The van der Waals surface area contributed by atoms with E-state index in [0.717, 1.165) is 11.1 Å². The second-order valence-corrected chi connectivity index (χ2v) is 7.48. The Morgan fingerprint density at radius 1 is 1.10 bits per heavy atom. The molecule has 1 N–H and O–H groups in total. The molecule has 0 aliphatic rings. The van der Waals surface area contributed by atoms with Gasteiger partial charge in [0.15, 0.2) is 5.75 Å². The van der Waals surface area contributed by atoms with E-state index in [9.17, 15) is 4.79 Å². The maximum Gasteiger partial charge on any atom is 0.259 e. The molecule has 1 amide bonds. The van der Waals surface area contributed by atoms with Crippen LogP contribution in [0.4, 0.5) is 5.13 Å². The maximum atomic E-state index is 12.7. The van der Waals surface area contributed by atoms with Crippen molar-refractivity contribution in [3.63, 3.8) is 0 Å². The van der Waals surface area contributed by atoms with E-state index in [1.807, 2.05) is 49.4 Å². The van der Waals surface area contributed by atoms with Gasteiger partial charge in [-0.05, 0) is 24.6 Å². The number of anilines is 1. The highest BCUT2D eigenvalue weighted by molar-refractivity contribution is 7.18. The Kier molecular flexibility index (Phi) is 6.13. The van der Waals surface area contributed by atoms with Gasteiger partial charge in [0.05, 0.1) is 12.7 Å². The van der Waals surface area contributed by atoms with Gasteiger partial charge in [0, 0.05) is 30.2 Å². The van der Waals surface area contributed by atoms with Crippen LogP contribution in [-0.4, -0.2) is 33.2 Å². The lowest BCUT2D eigenvalue weighted by Gasteiger charge is -2.16. The van der Waals surface area contributed by atoms with E-state index >= 15 is 0 Å². The number of rotatable bonds is 7. The summed E-state index contributed by atoms with van der Waals surface area (Å²) in [7, 11) is 1.50. The van der Waals surface area contributed by atoms with Crippen molar-refractivity contribution in [2.75, 3.05) is 12.4 Å². The van der Waals surface area contributed by atoms with Crippen molar-refractivity contribution in [1.29, 1.82) is 0 Å². The van der Waals surface area contributed by atoms with Crippen LogP contribution in [0.25, 0.3) is 10.6 Å². The summed E-state index contributed by atoms with van der Waals surface area (Å²) in [4.78, 5) is 20.9. The molecule has 4 rings (SSSR count). The first-order valence-corrected chi connectivity index (χ1v) is 10.3. The summed E-state index contributed by atoms with van der Waals surface area (Å²) in [5.74, 6) is 0.308. The summed E-state index contributed by atoms with van der Waals surface area (Å²) >= 11 is 1.27. The largest absolute Gasteiger partial charge is 0.491 e. The van der Waals surface area contributed by atoms with Gasteiger partial charge in [0.25, 0.3) is 11.8 Å². The molecule has 0 radical (unpaired) electrons. The number of hydrogen-bond donors (Lipinski definition) is 1. The lowest BCUT2D eigenvalue weighted by atomic mass is 10.1. The van der Waals surface area contributed by atoms with E-state index in [0.29, 0.717) is 27.3 Å². The second kappa shape index (κ2) is 9.31. The summed E-state index contributed by atoms with van der Waals surface area (Å²) < 4.78 is 11.3. The maximum absolute atomic E-state index is 12.7. The van der Waals surface area contributed by atoms with E-state index in [-0.39, 0.29) is 12.0 Å². The molecule has 1 atom stereocenters. The van der Waals surface area contributed by atoms with Gasteiger partial charge in [0.2, 0.25) is 5.13 Å². The van der Waals surface area contributed by atoms with E-state index in [2.05, 4.69) is 25.5 Å². The van der Waals surface area contributed by atoms with Gasteiger partial charge in [-0.3, -0.25) is 15.1 Å². The number of carbonyl (C=O) groups is 1. The van der Waals surface area contributed by atoms with E-state index in [1.54, 1.807) is 18.5 Å². The molecule has 156 valence electrons. The summed E-state index contributed by atoms with van der Waals surface area (Å²) in [6, 6.07) is 15.0. The van der Waals surface area contributed by atoms with Crippen molar-refractivity contribution in [3.05, 3.63) is 78.2 Å². The van der Waals surface area contributed by atoms with Crippen LogP contribution < -0.4 is 14.8 Å². The lowest BCUT2D eigenvalue weighted by molar-refractivity contribution is 0.102. The zero-order valence-electron chi connectivity index (χ0n) is 16.9. The number of nitrogens with zero attached hydrogens (tertiary/aromatic N) is 4. The molecule has 0 fully saturated rings. The van der Waals surface area contributed by atoms with Crippen LogP contribution in [0.2, 0.25) is 0 Å². The molecule has 3 heterocycles. The summed E-state index contributed by atoms with van der Waals surface area (Å²) in [6.45, 7) is 1.92. The van der Waals surface area contributed by atoms with Crippen molar-refractivity contribution in [1.82, 2.24) is 20.2 Å². The lowest BCUT2D eigenvalue weighted by Crippen LogP contribution is -2.13. The highest BCUT2D eigenvalue weighted by Crippen LogP contribution is 2.30. The number of nitrogens with one attached hydrogen (secondary N) is 1. The molecule has 1 unspecified atom stereocenters. The Morgan fingerprint density at radius 2 is 1.87 bits per heavy atom. The second-order valence-electron chi connectivity index (χ2n) is 6.50. The first-order chi connectivity index (χ1) is 15.1. The van der Waals surface area contributed by atoms with Crippen LogP contribution in [-0.2, 0) is 0 Å². The minimum atomic E-state index is -0.370. The molecule has 9 heteroatoms. The van der Waals surface area contributed by atoms with Gasteiger partial charge < -0.3 is 9.47 Å². The quantitative estimate of drug-likeness (QED) is 0.461. The molecule has 0 aliphatic carbocycles. The number of methoxy groups -OCH3 is 1. The molecule has 0 spiro atoms. The molecule has 31 heavy (non-hydrogen) atoms. The minimum Gasteiger partial charge on any atom is -0.491 e. The van der Waals surface area contributed by atoms with Crippen LogP contribution in [0.15, 0.2) is 67.1 Å². The number of ether oxygens (including phenoxy) is 2. The highest BCUT2D eigenvalue weighted by atomic mass is 32.1. The van der Waals surface area contributed by atoms with Crippen molar-refractivity contribution in [2.45, 2.75) is 13.0 Å². The molecule has 0 saturated carbocycles. The number of aromatic nitrogens is 4. The van der Waals surface area contributed by atoms with Crippen LogP contribution in [0.3, 0.4) is 0 Å². The van der Waals surface area contributed by atoms with Crippen molar-refractivity contribution >= 4 is 22.4 Å². The van der Waals surface area contributed by atoms with Crippen LogP contribution in [0, 0.1) is 0 Å². The normalized spacial score (nSPS) is 11.5. The molecule has 8 nitrogen and oxygen atoms in total. The summed E-state index contributed by atoms with van der Waals surface area (Å²) in [6.07, 6.45) is 4.57. The molecule has 0 saturated heterocycles. The summed E-state index contributed by atoms with van der Waals surface area (Å²) in [5, 5.41) is 11.9. The average Bonchev–Trinajstić information content (AvgIpc) is 3.29. The Bertz CT molecular complexity index is 1170. The molecule has 4 aromatic rings. The number of carbonyl (C=O) groups excluding carboxylic acids is 1. The fourth-order valence-electron chi connectivity index (χ4n) is 2.80. The molecule has 0 bridgehead atoms. The van der Waals surface area contributed by atoms with Crippen molar-refractivity contribution < 1.29 is 14.3 Å². The van der Waals surface area contributed by atoms with E-state index in [1.165, 1.54) is 24.6 Å². The van der Waals surface area contributed by atoms with E-state index in [4.69, 9.17) is 9.47 Å². The third-order valence-electron chi connectivity index (χ3n) is 4.43. The van der Waals surface area contributed by atoms with Gasteiger partial charge in [-0.15, -0.1) is 10.2 Å². The topological polar surface area (TPSA) is 99.1 Å². The standard InChI is InChI=1S/C22H19N5O3S/c1-14(15-6-4-3-5-7-15)30-20-18(29-2)12-17(13-24-20)19(28)25-22-27-26-21(31-22)16-8-10-23-11-9-16/h3-14H,1-2H3,(H,25,27,28). The molecule has 0 aliphatic heterocycles. The highest BCUT2D eigenvalue weighted by Gasteiger charge is 2.17. The summed E-state index contributed by atoms with van der Waals surface area (Å²) in [5.41, 5.74) is 2.21. The fourth-order valence-corrected chi connectivity index (χ4v) is 3.55. The van der Waals surface area contributed by atoms with Gasteiger partial charge in [0.1, 0.15) is 11.1 Å². The SMILES string of the molecule is COc1cc(C(=O)Nc2nnc(-c3ccncc3)s2)cnc1OC(C)c1ccccc1.